The lowest BCUT2D eigenvalue weighted by Gasteiger charge is -2.04. The quantitative estimate of drug-likeness (QED) is 0.885. The predicted octanol–water partition coefficient (Wildman–Crippen LogP) is 3.28. The van der Waals surface area contributed by atoms with Crippen LogP contribution < -0.4 is 0 Å². The van der Waals surface area contributed by atoms with E-state index in [9.17, 15) is 5.11 Å². The van der Waals surface area contributed by atoms with Gasteiger partial charge in [-0.05, 0) is 54.6 Å². The van der Waals surface area contributed by atoms with E-state index in [0.29, 0.717) is 0 Å². The largest absolute Gasteiger partial charge is 0.390 e. The third-order valence-electron chi connectivity index (χ3n) is 2.57. The molecule has 72 valence electrons. The topological polar surface area (TPSA) is 20.2 Å². The molecule has 0 atom stereocenters. The Morgan fingerprint density at radius 3 is 2.77 bits per heavy atom. The first-order valence-electron chi connectivity index (χ1n) is 4.56. The minimum atomic E-state index is -0.301. The Hall–Kier alpha value is 0.140. The van der Waals surface area contributed by atoms with Crippen LogP contribution in [0.15, 0.2) is 10.5 Å². The summed E-state index contributed by atoms with van der Waals surface area (Å²) < 4.78 is 1.20. The molecule has 1 aromatic rings. The third kappa shape index (κ3) is 2.33. The van der Waals surface area contributed by atoms with E-state index < -0.39 is 0 Å². The zero-order valence-electron chi connectivity index (χ0n) is 7.64. The van der Waals surface area contributed by atoms with Gasteiger partial charge in [0.15, 0.2) is 0 Å². The third-order valence-corrected chi connectivity index (χ3v) is 4.77. The van der Waals surface area contributed by atoms with E-state index in [2.05, 4.69) is 28.9 Å². The average molecular weight is 261 g/mol. The van der Waals surface area contributed by atoms with Crippen LogP contribution in [-0.2, 0) is 6.42 Å². The van der Waals surface area contributed by atoms with E-state index in [4.69, 9.17) is 0 Å². The van der Waals surface area contributed by atoms with Crippen molar-refractivity contribution >= 4 is 27.3 Å². The molecular formula is C10H13BrOS. The molecular weight excluding hydrogens is 248 g/mol. The van der Waals surface area contributed by atoms with Crippen molar-refractivity contribution in [1.29, 1.82) is 0 Å². The minimum Gasteiger partial charge on any atom is -0.390 e. The monoisotopic (exact) mass is 260 g/mol. The van der Waals surface area contributed by atoms with E-state index in [0.717, 1.165) is 25.7 Å². The predicted molar refractivity (Wildman–Crippen MR) is 59.3 cm³/mol. The molecule has 0 aliphatic heterocycles. The van der Waals surface area contributed by atoms with Crippen LogP contribution in [0.1, 0.15) is 29.0 Å². The molecule has 1 aliphatic carbocycles. The second kappa shape index (κ2) is 3.37. The van der Waals surface area contributed by atoms with Gasteiger partial charge in [-0.1, -0.05) is 0 Å². The molecule has 0 bridgehead atoms. The van der Waals surface area contributed by atoms with Crippen molar-refractivity contribution in [3.63, 3.8) is 0 Å². The Balaban J connectivity index is 1.94. The SMILES string of the molecule is Cc1sc(CCC2(O)CC2)cc1Br. The zero-order valence-corrected chi connectivity index (χ0v) is 10.0. The number of aryl methyl sites for hydroxylation is 2. The van der Waals surface area contributed by atoms with Gasteiger partial charge >= 0.3 is 0 Å². The molecule has 0 unspecified atom stereocenters. The fourth-order valence-corrected chi connectivity index (χ4v) is 2.99. The van der Waals surface area contributed by atoms with Crippen molar-refractivity contribution in [3.05, 3.63) is 20.3 Å². The highest BCUT2D eigenvalue weighted by Crippen LogP contribution is 2.40. The number of halogens is 1. The highest BCUT2D eigenvalue weighted by atomic mass is 79.9. The number of thiophene rings is 1. The molecule has 1 heterocycles. The molecule has 1 saturated carbocycles. The summed E-state index contributed by atoms with van der Waals surface area (Å²) in [5.41, 5.74) is -0.301. The Bertz CT molecular complexity index is 295. The van der Waals surface area contributed by atoms with Gasteiger partial charge < -0.3 is 5.11 Å². The van der Waals surface area contributed by atoms with E-state index in [1.165, 1.54) is 14.2 Å². The van der Waals surface area contributed by atoms with Crippen molar-refractivity contribution in [2.45, 2.75) is 38.2 Å². The smallest absolute Gasteiger partial charge is 0.0653 e. The lowest BCUT2D eigenvalue weighted by Crippen LogP contribution is -2.06. The van der Waals surface area contributed by atoms with Crippen molar-refractivity contribution in [2.24, 2.45) is 0 Å². The molecule has 1 N–H and O–H groups in total. The summed E-state index contributed by atoms with van der Waals surface area (Å²) in [6, 6.07) is 2.17. The van der Waals surface area contributed by atoms with Crippen LogP contribution in [0.4, 0.5) is 0 Å². The van der Waals surface area contributed by atoms with Crippen LogP contribution in [-0.4, -0.2) is 10.7 Å². The molecule has 0 radical (unpaired) electrons. The normalized spacial score (nSPS) is 19.0. The van der Waals surface area contributed by atoms with Crippen molar-refractivity contribution in [3.8, 4) is 0 Å². The molecule has 1 nitrogen and oxygen atoms in total. The molecule has 0 aromatic carbocycles. The van der Waals surface area contributed by atoms with E-state index in [-0.39, 0.29) is 5.60 Å². The van der Waals surface area contributed by atoms with Crippen molar-refractivity contribution < 1.29 is 5.11 Å². The second-order valence-electron chi connectivity index (χ2n) is 3.84. The number of hydrogen-bond donors (Lipinski definition) is 1. The average Bonchev–Trinajstić information content (AvgIpc) is 2.72. The summed E-state index contributed by atoms with van der Waals surface area (Å²) in [5, 5.41) is 9.66. The van der Waals surface area contributed by atoms with Gasteiger partial charge in [-0.15, -0.1) is 11.3 Å². The summed E-state index contributed by atoms with van der Waals surface area (Å²) in [6.45, 7) is 2.12. The standard InChI is InChI=1S/C10H13BrOS/c1-7-9(11)6-8(13-7)2-3-10(12)4-5-10/h6,12H,2-5H2,1H3. The first-order valence-corrected chi connectivity index (χ1v) is 6.17. The Morgan fingerprint density at radius 1 is 1.62 bits per heavy atom. The Morgan fingerprint density at radius 2 is 2.31 bits per heavy atom. The maximum Gasteiger partial charge on any atom is 0.0653 e. The van der Waals surface area contributed by atoms with Crippen LogP contribution in [0, 0.1) is 6.92 Å². The summed E-state index contributed by atoms with van der Waals surface area (Å²) in [6.07, 6.45) is 3.95. The molecule has 1 aliphatic rings. The second-order valence-corrected chi connectivity index (χ2v) is 6.04. The molecule has 0 spiro atoms. The van der Waals surface area contributed by atoms with Crippen molar-refractivity contribution in [2.75, 3.05) is 0 Å². The maximum atomic E-state index is 9.66. The number of aliphatic hydroxyl groups is 1. The lowest BCUT2D eigenvalue weighted by atomic mass is 10.1. The van der Waals surface area contributed by atoms with Crippen LogP contribution in [0.25, 0.3) is 0 Å². The van der Waals surface area contributed by atoms with E-state index in [1.54, 1.807) is 0 Å². The molecule has 1 fully saturated rings. The van der Waals surface area contributed by atoms with Crippen molar-refractivity contribution in [1.82, 2.24) is 0 Å². The molecule has 0 saturated heterocycles. The van der Waals surface area contributed by atoms with Crippen LogP contribution >= 0.6 is 27.3 Å². The molecule has 2 rings (SSSR count). The number of hydrogen-bond acceptors (Lipinski definition) is 2. The van der Waals surface area contributed by atoms with Crippen LogP contribution in [0.3, 0.4) is 0 Å². The Labute approximate surface area is 90.9 Å². The first-order chi connectivity index (χ1) is 6.09. The fourth-order valence-electron chi connectivity index (χ4n) is 1.39. The summed E-state index contributed by atoms with van der Waals surface area (Å²) in [4.78, 5) is 2.71. The van der Waals surface area contributed by atoms with Gasteiger partial charge in [0.2, 0.25) is 0 Å². The summed E-state index contributed by atoms with van der Waals surface area (Å²) >= 11 is 5.32. The highest BCUT2D eigenvalue weighted by molar-refractivity contribution is 9.10. The van der Waals surface area contributed by atoms with Gasteiger partial charge in [0.1, 0.15) is 0 Å². The van der Waals surface area contributed by atoms with Crippen LogP contribution in [0.5, 0.6) is 0 Å². The van der Waals surface area contributed by atoms with E-state index in [1.807, 2.05) is 11.3 Å². The summed E-state index contributed by atoms with van der Waals surface area (Å²) in [5.74, 6) is 0. The fraction of sp³-hybridized carbons (Fsp3) is 0.600. The van der Waals surface area contributed by atoms with Gasteiger partial charge in [-0.25, -0.2) is 0 Å². The van der Waals surface area contributed by atoms with Gasteiger partial charge in [0.05, 0.1) is 5.60 Å². The maximum absolute atomic E-state index is 9.66. The van der Waals surface area contributed by atoms with Gasteiger partial charge in [-0.2, -0.15) is 0 Å². The summed E-state index contributed by atoms with van der Waals surface area (Å²) in [7, 11) is 0. The molecule has 13 heavy (non-hydrogen) atoms. The molecule has 3 heteroatoms. The molecule has 0 amide bonds. The highest BCUT2D eigenvalue weighted by Gasteiger charge is 2.39. The van der Waals surface area contributed by atoms with Crippen LogP contribution in [0.2, 0.25) is 0 Å². The van der Waals surface area contributed by atoms with Gasteiger partial charge in [0, 0.05) is 14.2 Å². The molecule has 1 aromatic heterocycles. The van der Waals surface area contributed by atoms with E-state index >= 15 is 0 Å². The number of rotatable bonds is 3. The Kier molecular flexibility index (Phi) is 2.51. The lowest BCUT2D eigenvalue weighted by molar-refractivity contribution is 0.141. The minimum absolute atomic E-state index is 0.301. The zero-order chi connectivity index (χ0) is 9.47. The van der Waals surface area contributed by atoms with Gasteiger partial charge in [0.25, 0.3) is 0 Å². The van der Waals surface area contributed by atoms with Gasteiger partial charge in [-0.3, -0.25) is 0 Å². The first kappa shape index (κ1) is 9.69.